The lowest BCUT2D eigenvalue weighted by atomic mass is 10.1. The van der Waals surface area contributed by atoms with Gasteiger partial charge in [0.05, 0.1) is 0 Å². The van der Waals surface area contributed by atoms with Gasteiger partial charge in [-0.25, -0.2) is 0 Å². The molecular weight excluding hydrogens is 254 g/mol. The summed E-state index contributed by atoms with van der Waals surface area (Å²) in [5.41, 5.74) is 5.60. The van der Waals surface area contributed by atoms with E-state index in [1.165, 1.54) is 12.8 Å². The minimum absolute atomic E-state index is 0. The van der Waals surface area contributed by atoms with Crippen LogP contribution in [-0.4, -0.2) is 30.9 Å². The van der Waals surface area contributed by atoms with Gasteiger partial charge >= 0.3 is 0 Å². The molecule has 18 heavy (non-hydrogen) atoms. The zero-order chi connectivity index (χ0) is 12.7. The van der Waals surface area contributed by atoms with E-state index in [0.29, 0.717) is 38.3 Å². The summed E-state index contributed by atoms with van der Waals surface area (Å²) in [4.78, 5) is 22.7. The van der Waals surface area contributed by atoms with E-state index in [-0.39, 0.29) is 30.3 Å². The first kappa shape index (κ1) is 17.2. The third-order valence-electron chi connectivity index (χ3n) is 2.97. The van der Waals surface area contributed by atoms with Crippen molar-refractivity contribution >= 4 is 24.2 Å². The Balaban J connectivity index is 0.00000289. The molecule has 0 bridgehead atoms. The third kappa shape index (κ3) is 6.81. The van der Waals surface area contributed by atoms with E-state index in [0.717, 1.165) is 0 Å². The lowest BCUT2D eigenvalue weighted by Crippen LogP contribution is -2.41. The molecule has 0 saturated heterocycles. The van der Waals surface area contributed by atoms with Crippen molar-refractivity contribution in [2.45, 2.75) is 45.1 Å². The minimum atomic E-state index is 0. The maximum atomic E-state index is 11.6. The zero-order valence-corrected chi connectivity index (χ0v) is 11.7. The largest absolute Gasteiger partial charge is 0.356 e. The fourth-order valence-corrected chi connectivity index (χ4v) is 1.84. The summed E-state index contributed by atoms with van der Waals surface area (Å²) in [7, 11) is 0. The van der Waals surface area contributed by atoms with Gasteiger partial charge in [0, 0.05) is 32.0 Å². The number of nitrogens with one attached hydrogen (secondary N) is 2. The SMILES string of the molecule is CCNC(=O)CCCC(=O)NC(CN)C1CC1.Cl. The quantitative estimate of drug-likeness (QED) is 0.606. The van der Waals surface area contributed by atoms with Crippen LogP contribution in [0.3, 0.4) is 0 Å². The zero-order valence-electron chi connectivity index (χ0n) is 10.9. The van der Waals surface area contributed by atoms with Crippen LogP contribution in [0.4, 0.5) is 0 Å². The van der Waals surface area contributed by atoms with Gasteiger partial charge in [-0.05, 0) is 32.1 Å². The van der Waals surface area contributed by atoms with Crippen molar-refractivity contribution < 1.29 is 9.59 Å². The molecule has 0 aromatic carbocycles. The number of amides is 2. The number of hydrogen-bond acceptors (Lipinski definition) is 3. The van der Waals surface area contributed by atoms with E-state index in [9.17, 15) is 9.59 Å². The van der Waals surface area contributed by atoms with Crippen molar-refractivity contribution in [1.29, 1.82) is 0 Å². The maximum Gasteiger partial charge on any atom is 0.220 e. The lowest BCUT2D eigenvalue weighted by molar-refractivity contribution is -0.122. The molecule has 0 aliphatic heterocycles. The van der Waals surface area contributed by atoms with Crippen LogP contribution in [0.15, 0.2) is 0 Å². The molecule has 0 aromatic heterocycles. The summed E-state index contributed by atoms with van der Waals surface area (Å²) in [5.74, 6) is 0.599. The highest BCUT2D eigenvalue weighted by Crippen LogP contribution is 2.32. The van der Waals surface area contributed by atoms with E-state index >= 15 is 0 Å². The van der Waals surface area contributed by atoms with Gasteiger partial charge in [0.2, 0.25) is 11.8 Å². The first-order chi connectivity index (χ1) is 8.17. The summed E-state index contributed by atoms with van der Waals surface area (Å²) in [6.45, 7) is 3.03. The molecule has 0 spiro atoms. The first-order valence-corrected chi connectivity index (χ1v) is 6.43. The normalized spacial score (nSPS) is 15.4. The van der Waals surface area contributed by atoms with E-state index in [2.05, 4.69) is 10.6 Å². The van der Waals surface area contributed by atoms with E-state index in [4.69, 9.17) is 5.73 Å². The summed E-state index contributed by atoms with van der Waals surface area (Å²) >= 11 is 0. The Morgan fingerprint density at radius 3 is 2.39 bits per heavy atom. The molecule has 1 atom stereocenters. The average molecular weight is 278 g/mol. The van der Waals surface area contributed by atoms with Gasteiger partial charge in [0.15, 0.2) is 0 Å². The van der Waals surface area contributed by atoms with Crippen LogP contribution in [0.2, 0.25) is 0 Å². The van der Waals surface area contributed by atoms with Crippen LogP contribution in [0, 0.1) is 5.92 Å². The van der Waals surface area contributed by atoms with Gasteiger partial charge in [-0.2, -0.15) is 0 Å². The summed E-state index contributed by atoms with van der Waals surface area (Å²) in [5, 5.41) is 5.65. The van der Waals surface area contributed by atoms with Gasteiger partial charge in [-0.1, -0.05) is 0 Å². The highest BCUT2D eigenvalue weighted by molar-refractivity contribution is 5.85. The fourth-order valence-electron chi connectivity index (χ4n) is 1.84. The molecular formula is C12H24ClN3O2. The van der Waals surface area contributed by atoms with E-state index in [1.54, 1.807) is 0 Å². The second-order valence-corrected chi connectivity index (χ2v) is 4.55. The number of carbonyl (C=O) groups is 2. The van der Waals surface area contributed by atoms with Gasteiger partial charge in [-0.3, -0.25) is 9.59 Å². The first-order valence-electron chi connectivity index (χ1n) is 6.43. The Hall–Kier alpha value is -0.810. The molecule has 2 amide bonds. The second kappa shape index (κ2) is 9.16. The van der Waals surface area contributed by atoms with Gasteiger partial charge < -0.3 is 16.4 Å². The van der Waals surface area contributed by atoms with Crippen LogP contribution < -0.4 is 16.4 Å². The topological polar surface area (TPSA) is 84.2 Å². The molecule has 0 aromatic rings. The van der Waals surface area contributed by atoms with Gasteiger partial charge in [0.1, 0.15) is 0 Å². The monoisotopic (exact) mass is 277 g/mol. The van der Waals surface area contributed by atoms with Crippen molar-refractivity contribution in [3.63, 3.8) is 0 Å². The van der Waals surface area contributed by atoms with Crippen LogP contribution in [0.25, 0.3) is 0 Å². The van der Waals surface area contributed by atoms with E-state index in [1.807, 2.05) is 6.92 Å². The van der Waals surface area contributed by atoms with Crippen molar-refractivity contribution in [3.8, 4) is 0 Å². The molecule has 1 fully saturated rings. The summed E-state index contributed by atoms with van der Waals surface area (Å²) in [6, 6.07) is 0.131. The number of nitrogens with two attached hydrogens (primary N) is 1. The molecule has 5 nitrogen and oxygen atoms in total. The smallest absolute Gasteiger partial charge is 0.220 e. The molecule has 1 aliphatic rings. The van der Waals surface area contributed by atoms with E-state index < -0.39 is 0 Å². The standard InChI is InChI=1S/C12H23N3O2.ClH/c1-2-14-11(16)4-3-5-12(17)15-10(8-13)9-6-7-9;/h9-10H,2-8,13H2,1H3,(H,14,16)(H,15,17);1H. The third-order valence-corrected chi connectivity index (χ3v) is 2.97. The molecule has 106 valence electrons. The Bertz CT molecular complexity index is 270. The molecule has 6 heteroatoms. The predicted molar refractivity (Wildman–Crippen MR) is 73.5 cm³/mol. The number of carbonyl (C=O) groups excluding carboxylic acids is 2. The highest BCUT2D eigenvalue weighted by atomic mass is 35.5. The highest BCUT2D eigenvalue weighted by Gasteiger charge is 2.30. The molecule has 1 unspecified atom stereocenters. The van der Waals surface area contributed by atoms with Crippen molar-refractivity contribution in [3.05, 3.63) is 0 Å². The molecule has 1 saturated carbocycles. The van der Waals surface area contributed by atoms with Crippen LogP contribution in [-0.2, 0) is 9.59 Å². The summed E-state index contributed by atoms with van der Waals surface area (Å²) in [6.07, 6.45) is 3.75. The van der Waals surface area contributed by atoms with Gasteiger partial charge in [-0.15, -0.1) is 12.4 Å². The van der Waals surface area contributed by atoms with Crippen molar-refractivity contribution in [1.82, 2.24) is 10.6 Å². The number of halogens is 1. The Kier molecular flexibility index (Phi) is 8.75. The second-order valence-electron chi connectivity index (χ2n) is 4.55. The number of rotatable bonds is 8. The molecule has 0 heterocycles. The molecule has 1 rings (SSSR count). The molecule has 0 radical (unpaired) electrons. The maximum absolute atomic E-state index is 11.6. The van der Waals surface area contributed by atoms with Crippen LogP contribution in [0.5, 0.6) is 0 Å². The van der Waals surface area contributed by atoms with Gasteiger partial charge in [0.25, 0.3) is 0 Å². The lowest BCUT2D eigenvalue weighted by Gasteiger charge is -2.15. The van der Waals surface area contributed by atoms with Crippen molar-refractivity contribution in [2.24, 2.45) is 11.7 Å². The fraction of sp³-hybridized carbons (Fsp3) is 0.833. The van der Waals surface area contributed by atoms with Crippen LogP contribution in [0.1, 0.15) is 39.0 Å². The molecule has 4 N–H and O–H groups in total. The number of hydrogen-bond donors (Lipinski definition) is 3. The summed E-state index contributed by atoms with van der Waals surface area (Å²) < 4.78 is 0. The van der Waals surface area contributed by atoms with Crippen LogP contribution >= 0.6 is 12.4 Å². The predicted octanol–water partition coefficient (Wildman–Crippen LogP) is 0.568. The Labute approximate surface area is 115 Å². The minimum Gasteiger partial charge on any atom is -0.356 e. The Morgan fingerprint density at radius 2 is 1.89 bits per heavy atom. The molecule has 1 aliphatic carbocycles. The Morgan fingerprint density at radius 1 is 1.28 bits per heavy atom. The van der Waals surface area contributed by atoms with Crippen molar-refractivity contribution in [2.75, 3.05) is 13.1 Å². The average Bonchev–Trinajstić information content (AvgIpc) is 3.10.